The second-order valence-electron chi connectivity index (χ2n) is 5.85. The van der Waals surface area contributed by atoms with Gasteiger partial charge >= 0.3 is 11.8 Å². The van der Waals surface area contributed by atoms with Gasteiger partial charge in [0.05, 0.1) is 11.2 Å². The van der Waals surface area contributed by atoms with E-state index in [-0.39, 0.29) is 17.5 Å². The van der Waals surface area contributed by atoms with E-state index in [9.17, 15) is 14.4 Å². The van der Waals surface area contributed by atoms with Crippen LogP contribution in [0.5, 0.6) is 5.75 Å². The predicted octanol–water partition coefficient (Wildman–Crippen LogP) is 2.33. The van der Waals surface area contributed by atoms with Crippen LogP contribution in [-0.2, 0) is 14.4 Å². The van der Waals surface area contributed by atoms with E-state index in [2.05, 4.69) is 21.2 Å². The Morgan fingerprint density at radius 2 is 1.86 bits per heavy atom. The molecule has 0 aliphatic carbocycles. The molecular weight excluding hydrogens is 396 g/mol. The molecule has 0 radical (unpaired) electrons. The van der Waals surface area contributed by atoms with Crippen molar-refractivity contribution in [2.24, 2.45) is 5.10 Å². The third kappa shape index (κ3) is 7.63. The molecule has 0 fully saturated rings. The molecule has 2 aromatic carbocycles. The molecule has 0 bridgehead atoms. The van der Waals surface area contributed by atoms with E-state index in [0.29, 0.717) is 23.5 Å². The normalized spacial score (nSPS) is 10.4. The Labute approximate surface area is 173 Å². The fourth-order valence-electron chi connectivity index (χ4n) is 2.11. The highest BCUT2D eigenvalue weighted by atomic mass is 35.5. The maximum atomic E-state index is 11.9. The van der Waals surface area contributed by atoms with Crippen molar-refractivity contribution in [1.29, 1.82) is 0 Å². The minimum absolute atomic E-state index is 0.203. The van der Waals surface area contributed by atoms with Gasteiger partial charge in [0, 0.05) is 12.2 Å². The second-order valence-corrected chi connectivity index (χ2v) is 6.25. The van der Waals surface area contributed by atoms with Crippen LogP contribution in [0.3, 0.4) is 0 Å². The molecule has 2 rings (SSSR count). The SMILES string of the molecule is CCCNC(=O)C(=O)N/N=C\c1ccc(OCC(=O)Nc2ccccc2)c(Cl)c1. The molecule has 2 aromatic rings. The van der Waals surface area contributed by atoms with Crippen molar-refractivity contribution >= 4 is 41.2 Å². The van der Waals surface area contributed by atoms with E-state index < -0.39 is 11.8 Å². The molecule has 0 atom stereocenters. The lowest BCUT2D eigenvalue weighted by molar-refractivity contribution is -0.139. The molecule has 152 valence electrons. The van der Waals surface area contributed by atoms with Gasteiger partial charge in [-0.15, -0.1) is 0 Å². The Kier molecular flexibility index (Phi) is 8.65. The van der Waals surface area contributed by atoms with Crippen molar-refractivity contribution in [2.75, 3.05) is 18.5 Å². The van der Waals surface area contributed by atoms with Gasteiger partial charge in [0.1, 0.15) is 5.75 Å². The standard InChI is InChI=1S/C20H21ClN4O4/c1-2-10-22-19(27)20(28)25-23-12-14-8-9-17(16(21)11-14)29-13-18(26)24-15-6-4-3-5-7-15/h3-9,11-12H,2,10,13H2,1H3,(H,22,27)(H,24,26)(H,25,28)/b23-12-. The molecule has 29 heavy (non-hydrogen) atoms. The van der Waals surface area contributed by atoms with E-state index in [4.69, 9.17) is 16.3 Å². The molecule has 0 aliphatic heterocycles. The first kappa shape index (κ1) is 21.9. The van der Waals surface area contributed by atoms with Crippen LogP contribution in [0.25, 0.3) is 0 Å². The summed E-state index contributed by atoms with van der Waals surface area (Å²) in [6, 6.07) is 13.8. The summed E-state index contributed by atoms with van der Waals surface area (Å²) in [4.78, 5) is 34.9. The molecule has 0 saturated carbocycles. The first-order valence-electron chi connectivity index (χ1n) is 8.88. The summed E-state index contributed by atoms with van der Waals surface area (Å²) in [5, 5.41) is 9.13. The summed E-state index contributed by atoms with van der Waals surface area (Å²) in [7, 11) is 0. The second kappa shape index (κ2) is 11.5. The highest BCUT2D eigenvalue weighted by molar-refractivity contribution is 6.35. The number of carbonyl (C=O) groups excluding carboxylic acids is 3. The number of hydrogen-bond donors (Lipinski definition) is 3. The Morgan fingerprint density at radius 3 is 2.55 bits per heavy atom. The van der Waals surface area contributed by atoms with Gasteiger partial charge in [-0.2, -0.15) is 5.10 Å². The van der Waals surface area contributed by atoms with Crippen molar-refractivity contribution in [3.8, 4) is 5.75 Å². The summed E-state index contributed by atoms with van der Waals surface area (Å²) in [6.07, 6.45) is 2.06. The maximum Gasteiger partial charge on any atom is 0.329 e. The number of carbonyl (C=O) groups is 3. The minimum atomic E-state index is -0.856. The number of hydrogen-bond acceptors (Lipinski definition) is 5. The number of rotatable bonds is 8. The Morgan fingerprint density at radius 1 is 1.10 bits per heavy atom. The van der Waals surface area contributed by atoms with Crippen LogP contribution in [-0.4, -0.2) is 37.1 Å². The molecule has 0 aromatic heterocycles. The molecule has 9 heteroatoms. The highest BCUT2D eigenvalue weighted by Gasteiger charge is 2.11. The van der Waals surface area contributed by atoms with Gasteiger partial charge in [0.2, 0.25) is 0 Å². The van der Waals surface area contributed by atoms with Crippen molar-refractivity contribution in [3.63, 3.8) is 0 Å². The lowest BCUT2D eigenvalue weighted by Gasteiger charge is -2.09. The minimum Gasteiger partial charge on any atom is -0.482 e. The lowest BCUT2D eigenvalue weighted by Crippen LogP contribution is -2.38. The van der Waals surface area contributed by atoms with E-state index in [0.717, 1.165) is 6.42 Å². The highest BCUT2D eigenvalue weighted by Crippen LogP contribution is 2.25. The number of nitrogens with one attached hydrogen (secondary N) is 3. The number of amides is 3. The molecule has 8 nitrogen and oxygen atoms in total. The van der Waals surface area contributed by atoms with Crippen LogP contribution in [0.1, 0.15) is 18.9 Å². The van der Waals surface area contributed by atoms with E-state index in [1.165, 1.54) is 6.21 Å². The van der Waals surface area contributed by atoms with E-state index >= 15 is 0 Å². The average molecular weight is 417 g/mol. The molecule has 0 saturated heterocycles. The van der Waals surface area contributed by atoms with Crippen LogP contribution >= 0.6 is 11.6 Å². The fourth-order valence-corrected chi connectivity index (χ4v) is 2.35. The molecule has 3 amide bonds. The summed E-state index contributed by atoms with van der Waals surface area (Å²) in [6.45, 7) is 2.09. The van der Waals surface area contributed by atoms with Gasteiger partial charge in [-0.1, -0.05) is 36.7 Å². The number of anilines is 1. The average Bonchev–Trinajstić information content (AvgIpc) is 2.72. The van der Waals surface area contributed by atoms with Crippen molar-refractivity contribution < 1.29 is 19.1 Å². The first-order chi connectivity index (χ1) is 14.0. The predicted molar refractivity (Wildman–Crippen MR) is 111 cm³/mol. The molecule has 0 unspecified atom stereocenters. The molecule has 0 heterocycles. The van der Waals surface area contributed by atoms with E-state index in [1.54, 1.807) is 30.3 Å². The van der Waals surface area contributed by atoms with Crippen LogP contribution in [0.2, 0.25) is 5.02 Å². The quantitative estimate of drug-likeness (QED) is 0.348. The van der Waals surface area contributed by atoms with Crippen molar-refractivity contribution in [1.82, 2.24) is 10.7 Å². The van der Waals surface area contributed by atoms with Crippen LogP contribution in [0.4, 0.5) is 5.69 Å². The monoisotopic (exact) mass is 416 g/mol. The fraction of sp³-hybridized carbons (Fsp3) is 0.200. The van der Waals surface area contributed by atoms with Crippen LogP contribution in [0.15, 0.2) is 53.6 Å². The Hall–Kier alpha value is -3.39. The number of nitrogens with zero attached hydrogens (tertiary/aromatic N) is 1. The zero-order chi connectivity index (χ0) is 21.1. The number of ether oxygens (including phenoxy) is 1. The summed E-state index contributed by atoms with van der Waals surface area (Å²) in [5.74, 6) is -1.60. The first-order valence-corrected chi connectivity index (χ1v) is 9.26. The third-order valence-electron chi connectivity index (χ3n) is 3.49. The van der Waals surface area contributed by atoms with Gasteiger partial charge < -0.3 is 15.4 Å². The Balaban J connectivity index is 1.84. The van der Waals surface area contributed by atoms with Crippen LogP contribution in [0, 0.1) is 0 Å². The van der Waals surface area contributed by atoms with Gasteiger partial charge in [0.15, 0.2) is 6.61 Å². The van der Waals surface area contributed by atoms with E-state index in [1.807, 2.05) is 25.1 Å². The summed E-state index contributed by atoms with van der Waals surface area (Å²) < 4.78 is 5.43. The zero-order valence-corrected chi connectivity index (χ0v) is 16.5. The van der Waals surface area contributed by atoms with Crippen molar-refractivity contribution in [3.05, 3.63) is 59.1 Å². The maximum absolute atomic E-state index is 11.9. The molecule has 0 aliphatic rings. The lowest BCUT2D eigenvalue weighted by atomic mass is 10.2. The number of hydrazone groups is 1. The third-order valence-corrected chi connectivity index (χ3v) is 3.79. The summed E-state index contributed by atoms with van der Waals surface area (Å²) >= 11 is 6.15. The molecular formula is C20H21ClN4O4. The molecule has 3 N–H and O–H groups in total. The van der Waals surface area contributed by atoms with Gasteiger partial charge in [-0.3, -0.25) is 14.4 Å². The largest absolute Gasteiger partial charge is 0.482 e. The number of benzene rings is 2. The van der Waals surface area contributed by atoms with Gasteiger partial charge in [0.25, 0.3) is 5.91 Å². The van der Waals surface area contributed by atoms with Crippen molar-refractivity contribution in [2.45, 2.75) is 13.3 Å². The van der Waals surface area contributed by atoms with Gasteiger partial charge in [-0.05, 0) is 42.3 Å². The van der Waals surface area contributed by atoms with Crippen LogP contribution < -0.4 is 20.8 Å². The summed E-state index contributed by atoms with van der Waals surface area (Å²) in [5.41, 5.74) is 3.37. The molecule has 0 spiro atoms. The Bertz CT molecular complexity index is 887. The smallest absolute Gasteiger partial charge is 0.329 e. The topological polar surface area (TPSA) is 109 Å². The van der Waals surface area contributed by atoms with Gasteiger partial charge in [-0.25, -0.2) is 5.43 Å². The number of para-hydroxylation sites is 1. The zero-order valence-electron chi connectivity index (χ0n) is 15.8. The number of halogens is 1.